The smallest absolute Gasteiger partial charge is 0.410 e. The highest BCUT2D eigenvalue weighted by Crippen LogP contribution is 2.38. The largest absolute Gasteiger partial charge is 0.444 e. The summed E-state index contributed by atoms with van der Waals surface area (Å²) in [6, 6.07) is 16.8. The standard InChI is InChI=1S/C38H48N6O4.3H2S/c1-37(2,3)47-35(45)43(7)31-11-8-10-28(31)33-39-22-29(41-33)26-17-13-24(14-18-26)25-15-19-27(20-16-25)30-23-40-34(42-30)32-12-9-21-44(32)36(46)48-38(4,5)6;;;/h13-20,22-23,28,31-32H,8-12,21H2,1-7H3,(H,39,41)(H,40,42);3*1H2/t28-,31-,32-;;;/m0.../s1. The molecule has 2 amide bonds. The Bertz CT molecular complexity index is 1740. The zero-order valence-electron chi connectivity index (χ0n) is 30.7. The fraction of sp³-hybridized carbons (Fsp3) is 0.474. The molecular weight excluding hydrogens is 701 g/mol. The van der Waals surface area contributed by atoms with E-state index in [2.05, 4.69) is 63.5 Å². The van der Waals surface area contributed by atoms with Crippen LogP contribution >= 0.6 is 40.5 Å². The van der Waals surface area contributed by atoms with Crippen molar-refractivity contribution in [1.29, 1.82) is 0 Å². The minimum Gasteiger partial charge on any atom is -0.444 e. The number of hydrogen-bond donors (Lipinski definition) is 2. The molecule has 0 unspecified atom stereocenters. The lowest BCUT2D eigenvalue weighted by molar-refractivity contribution is 0.0204. The number of nitrogens with zero attached hydrogens (tertiary/aromatic N) is 4. The number of imidazole rings is 2. The summed E-state index contributed by atoms with van der Waals surface area (Å²) in [4.78, 5) is 45.4. The van der Waals surface area contributed by atoms with Crippen molar-refractivity contribution in [2.75, 3.05) is 13.6 Å². The van der Waals surface area contributed by atoms with Crippen LogP contribution in [0, 0.1) is 0 Å². The minimum absolute atomic E-state index is 0. The number of H-pyrrole nitrogens is 2. The average Bonchev–Trinajstić information content (AvgIpc) is 3.85. The summed E-state index contributed by atoms with van der Waals surface area (Å²) in [7, 11) is 1.83. The van der Waals surface area contributed by atoms with E-state index in [1.807, 2.05) is 61.0 Å². The molecule has 0 bridgehead atoms. The second-order valence-corrected chi connectivity index (χ2v) is 15.0. The van der Waals surface area contributed by atoms with Crippen LogP contribution in [0.3, 0.4) is 0 Å². The Morgan fingerprint density at radius 2 is 1.20 bits per heavy atom. The number of rotatable bonds is 6. The van der Waals surface area contributed by atoms with Gasteiger partial charge in [0.1, 0.15) is 22.9 Å². The Kier molecular flexibility index (Phi) is 13.8. The topological polar surface area (TPSA) is 116 Å². The highest BCUT2D eigenvalue weighted by atomic mass is 32.1. The van der Waals surface area contributed by atoms with Gasteiger partial charge >= 0.3 is 12.2 Å². The summed E-state index contributed by atoms with van der Waals surface area (Å²) in [5, 5.41) is 0. The van der Waals surface area contributed by atoms with Gasteiger partial charge in [-0.25, -0.2) is 19.6 Å². The van der Waals surface area contributed by atoms with Gasteiger partial charge in [-0.15, -0.1) is 0 Å². The number of nitrogens with one attached hydrogen (secondary N) is 2. The lowest BCUT2D eigenvalue weighted by Gasteiger charge is -2.31. The first-order valence-electron chi connectivity index (χ1n) is 17.0. The second kappa shape index (κ2) is 16.9. The SMILES string of the molecule is CN(C(=O)OC(C)(C)C)[C@H]1CCC[C@@H]1c1ncc(-c2ccc(-c3ccc(-c4cnc([C@@H]5CCCN5C(=O)OC(C)(C)C)[nH]4)cc3)cc2)[nH]1.S.S.S. The van der Waals surface area contributed by atoms with E-state index >= 15 is 0 Å². The molecule has 2 fully saturated rings. The molecule has 0 spiro atoms. The maximum Gasteiger partial charge on any atom is 0.410 e. The summed E-state index contributed by atoms with van der Waals surface area (Å²) in [6.45, 7) is 12.0. The molecule has 1 saturated heterocycles. The van der Waals surface area contributed by atoms with Gasteiger partial charge in [-0.3, -0.25) is 4.90 Å². The maximum atomic E-state index is 12.8. The second-order valence-electron chi connectivity index (χ2n) is 15.0. The molecule has 10 nitrogen and oxygen atoms in total. The molecule has 278 valence electrons. The number of hydrogen-bond acceptors (Lipinski definition) is 6. The highest BCUT2D eigenvalue weighted by molar-refractivity contribution is 7.59. The van der Waals surface area contributed by atoms with Crippen molar-refractivity contribution in [3.05, 3.63) is 72.6 Å². The van der Waals surface area contributed by atoms with Crippen LogP contribution in [-0.4, -0.2) is 72.8 Å². The first-order chi connectivity index (χ1) is 22.8. The third-order valence-corrected chi connectivity index (χ3v) is 9.12. The molecule has 51 heavy (non-hydrogen) atoms. The van der Waals surface area contributed by atoms with E-state index in [0.29, 0.717) is 6.54 Å². The normalized spacial score (nSPS) is 18.6. The van der Waals surface area contributed by atoms with E-state index in [1.165, 1.54) is 0 Å². The highest BCUT2D eigenvalue weighted by Gasteiger charge is 2.37. The van der Waals surface area contributed by atoms with Gasteiger partial charge in [0.2, 0.25) is 0 Å². The van der Waals surface area contributed by atoms with Crippen LogP contribution in [0.5, 0.6) is 0 Å². The van der Waals surface area contributed by atoms with E-state index < -0.39 is 11.2 Å². The van der Waals surface area contributed by atoms with E-state index in [0.717, 1.165) is 77.4 Å². The Hall–Kier alpha value is -3.55. The number of likely N-dealkylation sites (tertiary alicyclic amines) is 1. The zero-order valence-corrected chi connectivity index (χ0v) is 33.7. The molecule has 1 saturated carbocycles. The Morgan fingerprint density at radius 3 is 1.73 bits per heavy atom. The molecule has 2 N–H and O–H groups in total. The average molecular weight is 755 g/mol. The molecule has 0 radical (unpaired) electrons. The monoisotopic (exact) mass is 754 g/mol. The first-order valence-corrected chi connectivity index (χ1v) is 17.0. The van der Waals surface area contributed by atoms with Crippen molar-refractivity contribution < 1.29 is 19.1 Å². The van der Waals surface area contributed by atoms with Crippen molar-refractivity contribution >= 4 is 52.7 Å². The molecule has 13 heteroatoms. The van der Waals surface area contributed by atoms with Crippen LogP contribution < -0.4 is 0 Å². The quantitative estimate of drug-likeness (QED) is 0.203. The summed E-state index contributed by atoms with van der Waals surface area (Å²) < 4.78 is 11.3. The number of amides is 2. The van der Waals surface area contributed by atoms with E-state index in [4.69, 9.17) is 14.5 Å². The van der Waals surface area contributed by atoms with Crippen LogP contribution in [0.1, 0.15) is 97.3 Å². The summed E-state index contributed by atoms with van der Waals surface area (Å²) in [6.07, 6.45) is 7.86. The fourth-order valence-corrected chi connectivity index (χ4v) is 6.79. The number of carbonyl (C=O) groups is 2. The predicted octanol–water partition coefficient (Wildman–Crippen LogP) is 9.05. The van der Waals surface area contributed by atoms with Gasteiger partial charge in [0, 0.05) is 25.6 Å². The summed E-state index contributed by atoms with van der Waals surface area (Å²) >= 11 is 0. The number of carbonyl (C=O) groups excluding carboxylic acids is 2. The van der Waals surface area contributed by atoms with Crippen LogP contribution in [0.15, 0.2) is 60.9 Å². The van der Waals surface area contributed by atoms with Crippen molar-refractivity contribution in [3.63, 3.8) is 0 Å². The summed E-state index contributed by atoms with van der Waals surface area (Å²) in [5.74, 6) is 1.84. The molecule has 1 aliphatic heterocycles. The first kappa shape index (κ1) is 41.9. The van der Waals surface area contributed by atoms with Gasteiger partial charge in [0.25, 0.3) is 0 Å². The van der Waals surface area contributed by atoms with Gasteiger partial charge in [0.05, 0.1) is 29.8 Å². The molecule has 3 atom stereocenters. The molecule has 6 rings (SSSR count). The van der Waals surface area contributed by atoms with Crippen LogP contribution in [0.2, 0.25) is 0 Å². The van der Waals surface area contributed by atoms with Crippen molar-refractivity contribution in [1.82, 2.24) is 29.7 Å². The third kappa shape index (κ3) is 9.87. The molecule has 2 aliphatic rings. The van der Waals surface area contributed by atoms with Gasteiger partial charge in [0.15, 0.2) is 0 Å². The van der Waals surface area contributed by atoms with E-state index in [1.54, 1.807) is 9.80 Å². The van der Waals surface area contributed by atoms with Gasteiger partial charge in [-0.05, 0) is 89.5 Å². The van der Waals surface area contributed by atoms with E-state index in [-0.39, 0.29) is 70.7 Å². The number of ether oxygens (including phenoxy) is 2. The Labute approximate surface area is 322 Å². The fourth-order valence-electron chi connectivity index (χ4n) is 6.79. The third-order valence-electron chi connectivity index (χ3n) is 9.12. The van der Waals surface area contributed by atoms with Crippen LogP contribution in [0.25, 0.3) is 33.6 Å². The number of likely N-dealkylation sites (N-methyl/N-ethyl adjacent to an activating group) is 1. The molecular formula is C38H54N6O4S3. The van der Waals surface area contributed by atoms with Gasteiger partial charge in [-0.1, -0.05) is 55.0 Å². The van der Waals surface area contributed by atoms with E-state index in [9.17, 15) is 9.59 Å². The molecule has 2 aromatic carbocycles. The predicted molar refractivity (Wildman–Crippen MR) is 217 cm³/mol. The van der Waals surface area contributed by atoms with Crippen molar-refractivity contribution in [2.24, 2.45) is 0 Å². The maximum absolute atomic E-state index is 12.8. The lowest BCUT2D eigenvalue weighted by atomic mass is 10.0. The van der Waals surface area contributed by atoms with Gasteiger partial charge < -0.3 is 24.3 Å². The number of aromatic amines is 2. The molecule has 3 heterocycles. The molecule has 1 aliphatic carbocycles. The zero-order chi connectivity index (χ0) is 34.2. The Morgan fingerprint density at radius 1 is 0.706 bits per heavy atom. The number of benzene rings is 2. The molecule has 4 aromatic rings. The Balaban J connectivity index is 0.00000234. The molecule has 2 aromatic heterocycles. The van der Waals surface area contributed by atoms with Crippen LogP contribution in [-0.2, 0) is 9.47 Å². The minimum atomic E-state index is -0.536. The van der Waals surface area contributed by atoms with Crippen molar-refractivity contribution in [2.45, 2.75) is 103 Å². The van der Waals surface area contributed by atoms with Crippen molar-refractivity contribution in [3.8, 4) is 33.6 Å². The lowest BCUT2D eigenvalue weighted by Crippen LogP contribution is -2.42. The van der Waals surface area contributed by atoms with Gasteiger partial charge in [-0.2, -0.15) is 40.5 Å². The summed E-state index contributed by atoms with van der Waals surface area (Å²) in [5.41, 5.74) is 5.12. The van der Waals surface area contributed by atoms with Crippen LogP contribution in [0.4, 0.5) is 9.59 Å². The number of aromatic nitrogens is 4.